The molecule has 1 heterocycles. The van der Waals surface area contributed by atoms with E-state index in [9.17, 15) is 9.59 Å². The Balaban J connectivity index is 1.70. The van der Waals surface area contributed by atoms with Crippen molar-refractivity contribution in [2.24, 2.45) is 0 Å². The fourth-order valence-electron chi connectivity index (χ4n) is 3.31. The van der Waals surface area contributed by atoms with Crippen LogP contribution in [0.15, 0.2) is 76.7 Å². The zero-order valence-corrected chi connectivity index (χ0v) is 19.9. The highest BCUT2D eigenvalue weighted by Crippen LogP contribution is 2.28. The van der Waals surface area contributed by atoms with Crippen LogP contribution in [0.25, 0.3) is 16.6 Å². The number of carbonyl (C=O) groups excluding carboxylic acids is 1. The molecule has 4 aromatic rings. The fraction of sp³-hybridized carbons (Fsp3) is 0.120. The lowest BCUT2D eigenvalue weighted by Crippen LogP contribution is -2.26. The molecule has 0 aliphatic carbocycles. The van der Waals surface area contributed by atoms with Gasteiger partial charge in [-0.05, 0) is 49.4 Å². The van der Waals surface area contributed by atoms with Gasteiger partial charge in [-0.1, -0.05) is 41.6 Å². The van der Waals surface area contributed by atoms with E-state index >= 15 is 0 Å². The molecule has 1 aromatic heterocycles. The summed E-state index contributed by atoms with van der Waals surface area (Å²) in [6.45, 7) is 1.72. The number of hydrogen-bond donors (Lipinski definition) is 1. The van der Waals surface area contributed by atoms with Crippen LogP contribution in [0.2, 0.25) is 5.02 Å². The Kier molecular flexibility index (Phi) is 6.87. The minimum atomic E-state index is -0.598. The summed E-state index contributed by atoms with van der Waals surface area (Å²) in [6, 6.07) is 20.8. The molecule has 0 aliphatic heterocycles. The number of para-hydroxylation sites is 1. The predicted molar refractivity (Wildman–Crippen MR) is 134 cm³/mol. The molecule has 0 saturated heterocycles. The summed E-state index contributed by atoms with van der Waals surface area (Å²) in [5, 5.41) is 12.3. The van der Waals surface area contributed by atoms with Crippen LogP contribution in [0.1, 0.15) is 12.5 Å². The molecule has 1 N–H and O–H groups in total. The summed E-state index contributed by atoms with van der Waals surface area (Å²) in [4.78, 5) is 31.0. The number of thioether (sulfide) groups is 1. The Morgan fingerprint density at radius 3 is 2.71 bits per heavy atom. The van der Waals surface area contributed by atoms with E-state index in [2.05, 4.69) is 10.3 Å². The number of methoxy groups -OCH3 is 1. The molecule has 34 heavy (non-hydrogen) atoms. The summed E-state index contributed by atoms with van der Waals surface area (Å²) in [7, 11) is 1.55. The van der Waals surface area contributed by atoms with Gasteiger partial charge in [0.2, 0.25) is 5.91 Å². The lowest BCUT2D eigenvalue weighted by atomic mass is 10.2. The average molecular weight is 491 g/mol. The summed E-state index contributed by atoms with van der Waals surface area (Å²) in [6.07, 6.45) is 0. The van der Waals surface area contributed by atoms with E-state index in [-0.39, 0.29) is 16.5 Å². The number of halogens is 1. The zero-order valence-electron chi connectivity index (χ0n) is 18.3. The second-order valence-electron chi connectivity index (χ2n) is 7.31. The number of hydrogen-bond acceptors (Lipinski definition) is 6. The first-order valence-electron chi connectivity index (χ1n) is 10.2. The highest BCUT2D eigenvalue weighted by atomic mass is 35.5. The molecule has 0 bridgehead atoms. The van der Waals surface area contributed by atoms with Crippen molar-refractivity contribution in [3.63, 3.8) is 0 Å². The summed E-state index contributed by atoms with van der Waals surface area (Å²) < 4.78 is 6.80. The van der Waals surface area contributed by atoms with Crippen molar-refractivity contribution in [2.45, 2.75) is 17.3 Å². The van der Waals surface area contributed by atoms with Crippen LogP contribution >= 0.6 is 23.4 Å². The molecule has 170 valence electrons. The van der Waals surface area contributed by atoms with Crippen LogP contribution in [0.5, 0.6) is 5.75 Å². The maximum atomic E-state index is 13.4. The third-order valence-electron chi connectivity index (χ3n) is 5.06. The lowest BCUT2D eigenvalue weighted by Gasteiger charge is -2.17. The van der Waals surface area contributed by atoms with Crippen LogP contribution in [0.4, 0.5) is 5.69 Å². The van der Waals surface area contributed by atoms with Gasteiger partial charge in [-0.15, -0.1) is 0 Å². The van der Waals surface area contributed by atoms with E-state index in [1.54, 1.807) is 68.6 Å². The molecule has 7 nitrogen and oxygen atoms in total. The van der Waals surface area contributed by atoms with Crippen molar-refractivity contribution < 1.29 is 9.53 Å². The highest BCUT2D eigenvalue weighted by Gasteiger charge is 2.21. The van der Waals surface area contributed by atoms with Gasteiger partial charge in [0, 0.05) is 11.8 Å². The predicted octanol–water partition coefficient (Wildman–Crippen LogP) is 5.04. The van der Waals surface area contributed by atoms with Gasteiger partial charge < -0.3 is 10.1 Å². The normalized spacial score (nSPS) is 11.6. The topological polar surface area (TPSA) is 97.0 Å². The average Bonchev–Trinajstić information content (AvgIpc) is 2.84. The molecule has 3 aromatic carbocycles. The van der Waals surface area contributed by atoms with Crippen LogP contribution in [-0.4, -0.2) is 27.8 Å². The number of rotatable bonds is 6. The third kappa shape index (κ3) is 4.76. The van der Waals surface area contributed by atoms with Crippen molar-refractivity contribution in [2.75, 3.05) is 12.4 Å². The van der Waals surface area contributed by atoms with Crippen LogP contribution in [0, 0.1) is 11.3 Å². The number of fused-ring (bicyclic) bond motifs is 1. The smallest absolute Gasteiger partial charge is 0.266 e. The first-order chi connectivity index (χ1) is 16.4. The maximum absolute atomic E-state index is 13.4. The second-order valence-corrected chi connectivity index (χ2v) is 9.02. The lowest BCUT2D eigenvalue weighted by molar-refractivity contribution is -0.115. The number of nitrogens with one attached hydrogen (secondary N) is 1. The number of nitriles is 1. The molecule has 0 radical (unpaired) electrons. The number of benzene rings is 3. The third-order valence-corrected chi connectivity index (χ3v) is 6.43. The van der Waals surface area contributed by atoms with Gasteiger partial charge in [0.15, 0.2) is 5.16 Å². The minimum absolute atomic E-state index is 0.243. The van der Waals surface area contributed by atoms with Gasteiger partial charge in [-0.3, -0.25) is 14.2 Å². The van der Waals surface area contributed by atoms with Gasteiger partial charge in [-0.2, -0.15) is 5.26 Å². The Morgan fingerprint density at radius 2 is 1.97 bits per heavy atom. The molecule has 1 atom stereocenters. The van der Waals surface area contributed by atoms with E-state index < -0.39 is 5.25 Å². The number of nitrogens with zero attached hydrogens (tertiary/aromatic N) is 3. The first kappa shape index (κ1) is 23.4. The number of ether oxygens (including phenoxy) is 1. The Bertz CT molecular complexity index is 1500. The van der Waals surface area contributed by atoms with E-state index in [0.717, 1.165) is 11.8 Å². The van der Waals surface area contributed by atoms with Crippen molar-refractivity contribution in [1.29, 1.82) is 5.26 Å². The van der Waals surface area contributed by atoms with E-state index in [1.807, 2.05) is 12.1 Å². The van der Waals surface area contributed by atoms with E-state index in [1.165, 1.54) is 10.6 Å². The van der Waals surface area contributed by atoms with Gasteiger partial charge >= 0.3 is 0 Å². The van der Waals surface area contributed by atoms with Gasteiger partial charge in [-0.25, -0.2) is 4.98 Å². The van der Waals surface area contributed by atoms with Crippen molar-refractivity contribution in [3.8, 4) is 17.5 Å². The van der Waals surface area contributed by atoms with Crippen LogP contribution in [0.3, 0.4) is 0 Å². The molecule has 4 rings (SSSR count). The van der Waals surface area contributed by atoms with Crippen LogP contribution < -0.4 is 15.6 Å². The summed E-state index contributed by atoms with van der Waals surface area (Å²) in [5.74, 6) is 0.294. The number of amides is 1. The van der Waals surface area contributed by atoms with Gasteiger partial charge in [0.25, 0.3) is 5.56 Å². The molecule has 0 aliphatic rings. The van der Waals surface area contributed by atoms with Crippen molar-refractivity contribution in [3.05, 3.63) is 87.7 Å². The Hall–Kier alpha value is -3.80. The maximum Gasteiger partial charge on any atom is 0.266 e. The number of anilines is 1. The van der Waals surface area contributed by atoms with Crippen molar-refractivity contribution >= 4 is 45.9 Å². The standard InChI is InChI=1S/C25H19ClN4O3S/c1-15(23(31)28-17-11-10-16(14-27)21(26)12-17)34-25-29-22-9-4-3-8-20(22)24(32)30(25)18-6-5-7-19(13-18)33-2/h3-13,15H,1-2H3,(H,28,31). The van der Waals surface area contributed by atoms with E-state index in [4.69, 9.17) is 21.6 Å². The first-order valence-corrected chi connectivity index (χ1v) is 11.5. The van der Waals surface area contributed by atoms with Gasteiger partial charge in [0.1, 0.15) is 11.8 Å². The van der Waals surface area contributed by atoms with Crippen molar-refractivity contribution in [1.82, 2.24) is 9.55 Å². The Labute approximate surface area is 205 Å². The molecule has 9 heteroatoms. The minimum Gasteiger partial charge on any atom is -0.497 e. The van der Waals surface area contributed by atoms with Gasteiger partial charge in [0.05, 0.1) is 39.5 Å². The molecular weight excluding hydrogens is 472 g/mol. The number of carbonyl (C=O) groups is 1. The monoisotopic (exact) mass is 490 g/mol. The molecule has 0 saturated carbocycles. The quantitative estimate of drug-likeness (QED) is 0.300. The molecule has 0 spiro atoms. The molecule has 1 amide bonds. The Morgan fingerprint density at radius 1 is 1.18 bits per heavy atom. The van der Waals surface area contributed by atoms with E-state index in [0.29, 0.717) is 38.7 Å². The summed E-state index contributed by atoms with van der Waals surface area (Å²) >= 11 is 7.23. The SMILES string of the molecule is COc1cccc(-n2c(SC(C)C(=O)Nc3ccc(C#N)c(Cl)c3)nc3ccccc3c2=O)c1. The second kappa shape index (κ2) is 10.00. The molecular formula is C25H19ClN4O3S. The largest absolute Gasteiger partial charge is 0.497 e. The highest BCUT2D eigenvalue weighted by molar-refractivity contribution is 8.00. The zero-order chi connectivity index (χ0) is 24.2. The fourth-order valence-corrected chi connectivity index (χ4v) is 4.46. The number of aromatic nitrogens is 2. The molecule has 1 unspecified atom stereocenters. The molecule has 0 fully saturated rings. The summed E-state index contributed by atoms with van der Waals surface area (Å²) in [5.41, 5.74) is 1.67. The van der Waals surface area contributed by atoms with Crippen LogP contribution in [-0.2, 0) is 4.79 Å².